The fourth-order valence-corrected chi connectivity index (χ4v) is 2.78. The van der Waals surface area contributed by atoms with Crippen molar-refractivity contribution in [3.8, 4) is 0 Å². The molecule has 0 spiro atoms. The number of hydrogen-bond acceptors (Lipinski definition) is 3. The van der Waals surface area contributed by atoms with Gasteiger partial charge < -0.3 is 4.74 Å². The molecule has 2 nitrogen and oxygen atoms in total. The zero-order valence-corrected chi connectivity index (χ0v) is 9.07. The van der Waals surface area contributed by atoms with E-state index in [1.807, 2.05) is 11.6 Å². The van der Waals surface area contributed by atoms with E-state index in [0.717, 1.165) is 24.5 Å². The Balaban J connectivity index is 2.20. The van der Waals surface area contributed by atoms with Crippen LogP contribution in [0.2, 0.25) is 0 Å². The summed E-state index contributed by atoms with van der Waals surface area (Å²) in [6, 6.07) is 0. The van der Waals surface area contributed by atoms with E-state index in [4.69, 9.17) is 16.3 Å². The third-order valence-corrected chi connectivity index (χ3v) is 3.74. The molecule has 1 aromatic heterocycles. The van der Waals surface area contributed by atoms with Crippen LogP contribution in [0, 0.1) is 0 Å². The van der Waals surface area contributed by atoms with Crippen LogP contribution in [0.4, 0.5) is 0 Å². The molecule has 1 aliphatic heterocycles. The molecule has 0 bridgehead atoms. The Hall–Kier alpha value is -0.120. The van der Waals surface area contributed by atoms with Crippen molar-refractivity contribution in [1.29, 1.82) is 0 Å². The van der Waals surface area contributed by atoms with Gasteiger partial charge in [-0.25, -0.2) is 4.98 Å². The van der Waals surface area contributed by atoms with Crippen molar-refractivity contribution >= 4 is 22.9 Å². The van der Waals surface area contributed by atoms with E-state index >= 15 is 0 Å². The summed E-state index contributed by atoms with van der Waals surface area (Å²) in [4.78, 5) is 4.28. The first kappa shape index (κ1) is 9.44. The summed E-state index contributed by atoms with van der Waals surface area (Å²) in [6.45, 7) is 2.81. The third-order valence-electron chi connectivity index (χ3n) is 2.35. The van der Waals surface area contributed by atoms with Crippen LogP contribution in [0.25, 0.3) is 0 Å². The fourth-order valence-electron chi connectivity index (χ4n) is 1.63. The molecule has 0 aliphatic carbocycles. The topological polar surface area (TPSA) is 22.1 Å². The van der Waals surface area contributed by atoms with Gasteiger partial charge in [-0.15, -0.1) is 22.9 Å². The molecule has 13 heavy (non-hydrogen) atoms. The lowest BCUT2D eigenvalue weighted by Crippen LogP contribution is -2.34. The predicted molar refractivity (Wildman–Crippen MR) is 54.3 cm³/mol. The first-order valence-electron chi connectivity index (χ1n) is 4.39. The molecule has 1 aromatic rings. The first-order chi connectivity index (χ1) is 6.21. The van der Waals surface area contributed by atoms with Crippen molar-refractivity contribution in [3.63, 3.8) is 0 Å². The van der Waals surface area contributed by atoms with E-state index in [-0.39, 0.29) is 11.0 Å². The van der Waals surface area contributed by atoms with E-state index < -0.39 is 0 Å². The Morgan fingerprint density at radius 2 is 2.62 bits per heavy atom. The molecule has 0 radical (unpaired) electrons. The van der Waals surface area contributed by atoms with Gasteiger partial charge in [0.05, 0.1) is 0 Å². The lowest BCUT2D eigenvalue weighted by atomic mass is 9.96. The summed E-state index contributed by atoms with van der Waals surface area (Å²) in [5.41, 5.74) is -0.251. The van der Waals surface area contributed by atoms with Gasteiger partial charge in [0.2, 0.25) is 0 Å². The molecule has 1 saturated heterocycles. The van der Waals surface area contributed by atoms with Crippen LogP contribution < -0.4 is 0 Å². The SMILES string of the molecule is CC1(c2nccs2)CC(Cl)CCO1. The summed E-state index contributed by atoms with van der Waals surface area (Å²) < 4.78 is 5.74. The Morgan fingerprint density at radius 3 is 3.23 bits per heavy atom. The number of hydrogen-bond donors (Lipinski definition) is 0. The van der Waals surface area contributed by atoms with Gasteiger partial charge >= 0.3 is 0 Å². The molecule has 2 rings (SSSR count). The number of nitrogens with zero attached hydrogens (tertiary/aromatic N) is 1. The summed E-state index contributed by atoms with van der Waals surface area (Å²) in [7, 11) is 0. The lowest BCUT2D eigenvalue weighted by Gasteiger charge is -2.34. The maximum atomic E-state index is 6.11. The second kappa shape index (κ2) is 3.56. The molecule has 0 amide bonds. The van der Waals surface area contributed by atoms with Gasteiger partial charge in [-0.2, -0.15) is 0 Å². The molecular formula is C9H12ClNOS. The van der Waals surface area contributed by atoms with Gasteiger partial charge in [0.15, 0.2) is 0 Å². The van der Waals surface area contributed by atoms with Crippen molar-refractivity contribution in [1.82, 2.24) is 4.98 Å². The van der Waals surface area contributed by atoms with Crippen molar-refractivity contribution in [2.24, 2.45) is 0 Å². The molecule has 0 saturated carbocycles. The standard InChI is InChI=1S/C9H12ClNOS/c1-9(8-11-3-5-13-8)6-7(10)2-4-12-9/h3,5,7H,2,4,6H2,1H3. The quantitative estimate of drug-likeness (QED) is 0.675. The van der Waals surface area contributed by atoms with Crippen LogP contribution in [0.3, 0.4) is 0 Å². The molecule has 0 aromatic carbocycles. The van der Waals surface area contributed by atoms with E-state index in [1.54, 1.807) is 11.3 Å². The van der Waals surface area contributed by atoms with Crippen molar-refractivity contribution in [2.45, 2.75) is 30.7 Å². The molecule has 4 heteroatoms. The summed E-state index contributed by atoms with van der Waals surface area (Å²) >= 11 is 7.75. The minimum absolute atomic E-state index is 0.225. The molecule has 1 fully saturated rings. The molecule has 1 aliphatic rings. The van der Waals surface area contributed by atoms with Gasteiger partial charge in [0.25, 0.3) is 0 Å². The average molecular weight is 218 g/mol. The minimum Gasteiger partial charge on any atom is -0.368 e. The van der Waals surface area contributed by atoms with Gasteiger partial charge in [0.1, 0.15) is 10.6 Å². The van der Waals surface area contributed by atoms with Crippen LogP contribution in [-0.2, 0) is 10.3 Å². The van der Waals surface area contributed by atoms with E-state index in [9.17, 15) is 0 Å². The lowest BCUT2D eigenvalue weighted by molar-refractivity contribution is -0.0684. The monoisotopic (exact) mass is 217 g/mol. The minimum atomic E-state index is -0.251. The highest BCUT2D eigenvalue weighted by molar-refractivity contribution is 7.09. The number of ether oxygens (including phenoxy) is 1. The van der Waals surface area contributed by atoms with E-state index in [2.05, 4.69) is 11.9 Å². The highest BCUT2D eigenvalue weighted by atomic mass is 35.5. The van der Waals surface area contributed by atoms with Gasteiger partial charge in [-0.05, 0) is 19.8 Å². The van der Waals surface area contributed by atoms with Crippen molar-refractivity contribution < 1.29 is 4.74 Å². The third kappa shape index (κ3) is 1.87. The maximum Gasteiger partial charge on any atom is 0.124 e. The number of halogens is 1. The van der Waals surface area contributed by atoms with Gasteiger partial charge in [-0.1, -0.05) is 0 Å². The molecule has 2 heterocycles. The van der Waals surface area contributed by atoms with Crippen LogP contribution in [-0.4, -0.2) is 17.0 Å². The highest BCUT2D eigenvalue weighted by Gasteiger charge is 2.36. The largest absolute Gasteiger partial charge is 0.368 e. The van der Waals surface area contributed by atoms with Crippen molar-refractivity contribution in [3.05, 3.63) is 16.6 Å². The number of rotatable bonds is 1. The Bertz CT molecular complexity index is 277. The Morgan fingerprint density at radius 1 is 1.77 bits per heavy atom. The van der Waals surface area contributed by atoms with Crippen LogP contribution in [0.15, 0.2) is 11.6 Å². The maximum absolute atomic E-state index is 6.11. The molecule has 0 N–H and O–H groups in total. The molecular weight excluding hydrogens is 206 g/mol. The van der Waals surface area contributed by atoms with Crippen LogP contribution >= 0.6 is 22.9 Å². The van der Waals surface area contributed by atoms with Gasteiger partial charge in [-0.3, -0.25) is 0 Å². The normalized spacial score (nSPS) is 34.8. The predicted octanol–water partition coefficient (Wildman–Crippen LogP) is 2.78. The number of thiazole rings is 1. The zero-order valence-electron chi connectivity index (χ0n) is 7.50. The Labute approximate surface area is 86.9 Å². The Kier molecular flexibility index (Phi) is 2.58. The first-order valence-corrected chi connectivity index (χ1v) is 5.70. The van der Waals surface area contributed by atoms with Crippen molar-refractivity contribution in [2.75, 3.05) is 6.61 Å². The van der Waals surface area contributed by atoms with E-state index in [1.165, 1.54) is 0 Å². The second-order valence-electron chi connectivity index (χ2n) is 3.51. The zero-order chi connectivity index (χ0) is 9.31. The van der Waals surface area contributed by atoms with Crippen LogP contribution in [0.1, 0.15) is 24.8 Å². The fraction of sp³-hybridized carbons (Fsp3) is 0.667. The van der Waals surface area contributed by atoms with E-state index in [0.29, 0.717) is 0 Å². The average Bonchev–Trinajstić information content (AvgIpc) is 2.55. The number of alkyl halides is 1. The number of aromatic nitrogens is 1. The second-order valence-corrected chi connectivity index (χ2v) is 5.02. The summed E-state index contributed by atoms with van der Waals surface area (Å²) in [5, 5.41) is 3.24. The summed E-state index contributed by atoms with van der Waals surface area (Å²) in [6.07, 6.45) is 3.62. The van der Waals surface area contributed by atoms with Crippen LogP contribution in [0.5, 0.6) is 0 Å². The molecule has 72 valence electrons. The smallest absolute Gasteiger partial charge is 0.124 e. The molecule has 2 unspecified atom stereocenters. The highest BCUT2D eigenvalue weighted by Crippen LogP contribution is 2.37. The molecule has 2 atom stereocenters. The summed E-state index contributed by atoms with van der Waals surface area (Å²) in [5.74, 6) is 0. The van der Waals surface area contributed by atoms with Gasteiger partial charge in [0, 0.05) is 23.6 Å².